The minimum atomic E-state index is 0.238. The van der Waals surface area contributed by atoms with Gasteiger partial charge in [-0.1, -0.05) is 20.8 Å². The predicted octanol–water partition coefficient (Wildman–Crippen LogP) is 1.54. The summed E-state index contributed by atoms with van der Waals surface area (Å²) in [5.41, 5.74) is 0.267. The first-order valence-electron chi connectivity index (χ1n) is 4.60. The van der Waals surface area contributed by atoms with Gasteiger partial charge in [-0.05, 0) is 19.3 Å². The number of β-amino-alcohol motifs (C(OH)–C–C–N with tert-alkyl or cyclic N) is 1. The third-order valence-corrected chi connectivity index (χ3v) is 2.64. The van der Waals surface area contributed by atoms with Crippen LogP contribution in [0.3, 0.4) is 0 Å². The summed E-state index contributed by atoms with van der Waals surface area (Å²) in [6.07, 6.45) is 3.42. The minimum absolute atomic E-state index is 0.238. The summed E-state index contributed by atoms with van der Waals surface area (Å²) in [5, 5.41) is 12.0. The van der Waals surface area contributed by atoms with Gasteiger partial charge in [0.2, 0.25) is 0 Å². The highest BCUT2D eigenvalue weighted by atomic mass is 16.3. The molecular weight excluding hydrogens is 138 g/mol. The molecule has 0 unspecified atom stereocenters. The first-order valence-corrected chi connectivity index (χ1v) is 4.60. The molecule has 0 aromatic carbocycles. The normalized spacial score (nSPS) is 12.0. The summed E-state index contributed by atoms with van der Waals surface area (Å²) in [7, 11) is 0. The van der Waals surface area contributed by atoms with E-state index in [-0.39, 0.29) is 12.1 Å². The second-order valence-corrected chi connectivity index (χ2v) is 2.99. The highest BCUT2D eigenvalue weighted by Gasteiger charge is 2.21. The molecule has 0 bridgehead atoms. The van der Waals surface area contributed by atoms with Gasteiger partial charge in [-0.2, -0.15) is 0 Å². The largest absolute Gasteiger partial charge is 0.395 e. The number of aliphatic hydroxyl groups is 1. The molecule has 0 aliphatic rings. The number of aliphatic hydroxyl groups excluding tert-OH is 1. The van der Waals surface area contributed by atoms with Gasteiger partial charge in [0.1, 0.15) is 0 Å². The molecule has 0 fully saturated rings. The third kappa shape index (κ3) is 3.21. The topological polar surface area (TPSA) is 32.3 Å². The average Bonchev–Trinajstić information content (AvgIpc) is 2.08. The number of hydrogen-bond acceptors (Lipinski definition) is 2. The zero-order valence-electron chi connectivity index (χ0n) is 7.98. The Balaban J connectivity index is 3.84. The van der Waals surface area contributed by atoms with E-state index in [4.69, 9.17) is 5.11 Å². The molecule has 0 aliphatic carbocycles. The van der Waals surface area contributed by atoms with Crippen LogP contribution in [0.25, 0.3) is 0 Å². The highest BCUT2D eigenvalue weighted by molar-refractivity contribution is 4.83. The van der Waals surface area contributed by atoms with Crippen LogP contribution >= 0.6 is 0 Å². The molecule has 0 rings (SSSR count). The Labute approximate surface area is 70.0 Å². The lowest BCUT2D eigenvalue weighted by atomic mass is 9.90. The number of hydrogen-bond donors (Lipinski definition) is 2. The summed E-state index contributed by atoms with van der Waals surface area (Å²) < 4.78 is 0. The highest BCUT2D eigenvalue weighted by Crippen LogP contribution is 2.18. The van der Waals surface area contributed by atoms with Crippen molar-refractivity contribution in [1.82, 2.24) is 5.32 Å². The van der Waals surface area contributed by atoms with Gasteiger partial charge in [0.25, 0.3) is 0 Å². The van der Waals surface area contributed by atoms with Crippen molar-refractivity contribution in [2.24, 2.45) is 0 Å². The molecule has 0 aliphatic heterocycles. The van der Waals surface area contributed by atoms with Gasteiger partial charge in [0.15, 0.2) is 0 Å². The maximum Gasteiger partial charge on any atom is 0.0556 e. The van der Waals surface area contributed by atoms with Crippen LogP contribution < -0.4 is 5.32 Å². The number of nitrogens with one attached hydrogen (secondary N) is 1. The van der Waals surface area contributed by atoms with E-state index in [9.17, 15) is 0 Å². The van der Waals surface area contributed by atoms with Crippen molar-refractivity contribution in [1.29, 1.82) is 0 Å². The van der Waals surface area contributed by atoms with Crippen LogP contribution in [0, 0.1) is 0 Å². The summed E-state index contributed by atoms with van der Waals surface area (Å²) in [6.45, 7) is 7.53. The Hall–Kier alpha value is -0.0800. The molecular formula is C9H21NO. The molecule has 0 aromatic heterocycles. The molecule has 2 heteroatoms. The Bertz CT molecular complexity index is 81.3. The summed E-state index contributed by atoms with van der Waals surface area (Å²) in [6, 6.07) is 0. The minimum Gasteiger partial charge on any atom is -0.395 e. The number of rotatable bonds is 6. The van der Waals surface area contributed by atoms with E-state index in [2.05, 4.69) is 26.1 Å². The molecule has 11 heavy (non-hydrogen) atoms. The van der Waals surface area contributed by atoms with E-state index in [1.807, 2.05) is 0 Å². The monoisotopic (exact) mass is 159 g/mol. The molecule has 0 saturated heterocycles. The molecule has 0 amide bonds. The van der Waals surface area contributed by atoms with E-state index >= 15 is 0 Å². The Morgan fingerprint density at radius 2 is 1.55 bits per heavy atom. The van der Waals surface area contributed by atoms with Crippen molar-refractivity contribution in [3.63, 3.8) is 0 Å². The Morgan fingerprint density at radius 1 is 1.09 bits per heavy atom. The van der Waals surface area contributed by atoms with Crippen LogP contribution in [0.15, 0.2) is 0 Å². The molecule has 0 heterocycles. The van der Waals surface area contributed by atoms with Crippen LogP contribution in [-0.4, -0.2) is 23.8 Å². The molecule has 0 radical (unpaired) electrons. The Morgan fingerprint density at radius 3 is 1.82 bits per heavy atom. The Kier molecular flexibility index (Phi) is 5.51. The fraction of sp³-hybridized carbons (Fsp3) is 1.00. The lowest BCUT2D eigenvalue weighted by Crippen LogP contribution is -2.44. The van der Waals surface area contributed by atoms with Crippen LogP contribution in [-0.2, 0) is 0 Å². The lowest BCUT2D eigenvalue weighted by molar-refractivity contribution is 0.235. The van der Waals surface area contributed by atoms with E-state index < -0.39 is 0 Å². The predicted molar refractivity (Wildman–Crippen MR) is 48.7 cm³/mol. The molecule has 0 saturated carbocycles. The summed E-state index contributed by atoms with van der Waals surface area (Å²) in [5.74, 6) is 0. The maximum absolute atomic E-state index is 8.65. The summed E-state index contributed by atoms with van der Waals surface area (Å²) >= 11 is 0. The van der Waals surface area contributed by atoms with Gasteiger partial charge >= 0.3 is 0 Å². The fourth-order valence-electron chi connectivity index (χ4n) is 1.45. The van der Waals surface area contributed by atoms with Crippen LogP contribution in [0.1, 0.15) is 40.0 Å². The standard InChI is InChI=1S/C9H21NO/c1-4-9(5-2,6-3)10-7-8-11/h10-11H,4-8H2,1-3H3. The van der Waals surface area contributed by atoms with Crippen molar-refractivity contribution in [2.45, 2.75) is 45.6 Å². The first-order chi connectivity index (χ1) is 5.24. The average molecular weight is 159 g/mol. The van der Waals surface area contributed by atoms with Gasteiger partial charge in [-0.25, -0.2) is 0 Å². The van der Waals surface area contributed by atoms with Crippen molar-refractivity contribution < 1.29 is 5.11 Å². The van der Waals surface area contributed by atoms with Crippen molar-refractivity contribution in [2.75, 3.05) is 13.2 Å². The van der Waals surface area contributed by atoms with Gasteiger partial charge in [-0.3, -0.25) is 0 Å². The van der Waals surface area contributed by atoms with Crippen LogP contribution in [0.2, 0.25) is 0 Å². The zero-order chi connectivity index (χ0) is 8.74. The molecule has 0 aromatic rings. The molecule has 0 spiro atoms. The van der Waals surface area contributed by atoms with E-state index in [0.29, 0.717) is 0 Å². The fourth-order valence-corrected chi connectivity index (χ4v) is 1.45. The van der Waals surface area contributed by atoms with Gasteiger partial charge in [-0.15, -0.1) is 0 Å². The quantitative estimate of drug-likeness (QED) is 0.616. The van der Waals surface area contributed by atoms with Gasteiger partial charge in [0.05, 0.1) is 6.61 Å². The van der Waals surface area contributed by atoms with Gasteiger partial charge in [0, 0.05) is 12.1 Å². The molecule has 68 valence electrons. The van der Waals surface area contributed by atoms with Gasteiger partial charge < -0.3 is 10.4 Å². The zero-order valence-corrected chi connectivity index (χ0v) is 7.98. The second-order valence-electron chi connectivity index (χ2n) is 2.99. The molecule has 0 atom stereocenters. The smallest absolute Gasteiger partial charge is 0.0556 e. The SMILES string of the molecule is CCC(CC)(CC)NCCO. The second kappa shape index (κ2) is 5.56. The van der Waals surface area contributed by atoms with E-state index in [1.165, 1.54) is 0 Å². The maximum atomic E-state index is 8.65. The third-order valence-electron chi connectivity index (χ3n) is 2.64. The summed E-state index contributed by atoms with van der Waals surface area (Å²) in [4.78, 5) is 0. The van der Waals surface area contributed by atoms with Crippen LogP contribution in [0.4, 0.5) is 0 Å². The van der Waals surface area contributed by atoms with E-state index in [1.54, 1.807) is 0 Å². The lowest BCUT2D eigenvalue weighted by Gasteiger charge is -2.31. The first kappa shape index (κ1) is 10.9. The molecule has 2 nitrogen and oxygen atoms in total. The van der Waals surface area contributed by atoms with Crippen molar-refractivity contribution >= 4 is 0 Å². The van der Waals surface area contributed by atoms with Crippen LogP contribution in [0.5, 0.6) is 0 Å². The van der Waals surface area contributed by atoms with Crippen molar-refractivity contribution in [3.8, 4) is 0 Å². The van der Waals surface area contributed by atoms with Crippen molar-refractivity contribution in [3.05, 3.63) is 0 Å². The molecule has 2 N–H and O–H groups in total. The van der Waals surface area contributed by atoms with E-state index in [0.717, 1.165) is 25.8 Å².